The highest BCUT2D eigenvalue weighted by Crippen LogP contribution is 2.26. The number of unbranched alkanes of at least 4 members (excludes halogenated alkanes) is 1. The number of fused-ring (bicyclic) bond motifs is 1. The Hall–Kier alpha value is -1.06. The standard InChI is InChI=1S/C16H26N2O/c1-19-14-11-17-10-4-5-12-18-13-6-8-15-7-2-3-9-16(15)18/h2-3,7,9,17H,4-6,8,10-14H2,1H3. The number of anilines is 1. The second kappa shape index (κ2) is 8.18. The van der Waals surface area contributed by atoms with Gasteiger partial charge in [-0.2, -0.15) is 0 Å². The normalized spacial score (nSPS) is 14.5. The van der Waals surface area contributed by atoms with E-state index < -0.39 is 0 Å². The van der Waals surface area contributed by atoms with E-state index in [1.54, 1.807) is 7.11 Å². The van der Waals surface area contributed by atoms with Crippen LogP contribution in [0.2, 0.25) is 0 Å². The molecule has 1 aromatic rings. The summed E-state index contributed by atoms with van der Waals surface area (Å²) in [6.07, 6.45) is 5.03. The molecule has 1 N–H and O–H groups in total. The SMILES string of the molecule is COCCNCCCCN1CCCc2ccccc21. The minimum atomic E-state index is 0.805. The quantitative estimate of drug-likeness (QED) is 0.728. The van der Waals surface area contributed by atoms with Crippen molar-refractivity contribution in [2.45, 2.75) is 25.7 Å². The molecular weight excluding hydrogens is 236 g/mol. The number of nitrogens with zero attached hydrogens (tertiary/aromatic N) is 1. The molecule has 0 saturated carbocycles. The summed E-state index contributed by atoms with van der Waals surface area (Å²) in [6, 6.07) is 8.85. The molecule has 106 valence electrons. The maximum atomic E-state index is 5.01. The van der Waals surface area contributed by atoms with Crippen molar-refractivity contribution in [3.05, 3.63) is 29.8 Å². The Kier molecular flexibility index (Phi) is 6.18. The van der Waals surface area contributed by atoms with E-state index in [0.717, 1.165) is 19.7 Å². The van der Waals surface area contributed by atoms with Gasteiger partial charge in [-0.15, -0.1) is 0 Å². The summed E-state index contributed by atoms with van der Waals surface area (Å²) in [5, 5.41) is 3.40. The highest BCUT2D eigenvalue weighted by molar-refractivity contribution is 5.55. The van der Waals surface area contributed by atoms with Crippen molar-refractivity contribution >= 4 is 5.69 Å². The molecule has 2 rings (SSSR count). The van der Waals surface area contributed by atoms with Crippen LogP contribution in [0.1, 0.15) is 24.8 Å². The van der Waals surface area contributed by atoms with Crippen LogP contribution in [0.5, 0.6) is 0 Å². The number of rotatable bonds is 8. The molecule has 19 heavy (non-hydrogen) atoms. The molecule has 0 radical (unpaired) electrons. The van der Waals surface area contributed by atoms with Gasteiger partial charge >= 0.3 is 0 Å². The number of aryl methyl sites for hydroxylation is 1. The molecule has 0 aromatic heterocycles. The van der Waals surface area contributed by atoms with Crippen molar-refractivity contribution in [3.8, 4) is 0 Å². The number of ether oxygens (including phenoxy) is 1. The second-order valence-corrected chi connectivity index (χ2v) is 5.17. The Labute approximate surface area is 116 Å². The Bertz CT molecular complexity index is 368. The van der Waals surface area contributed by atoms with Gasteiger partial charge in [-0.3, -0.25) is 0 Å². The Morgan fingerprint density at radius 3 is 3.00 bits per heavy atom. The predicted molar refractivity (Wildman–Crippen MR) is 81.0 cm³/mol. The molecule has 3 heteroatoms. The molecule has 1 aliphatic rings. The van der Waals surface area contributed by atoms with Crippen molar-refractivity contribution in [1.82, 2.24) is 5.32 Å². The maximum absolute atomic E-state index is 5.01. The lowest BCUT2D eigenvalue weighted by molar-refractivity contribution is 0.199. The zero-order chi connectivity index (χ0) is 13.3. The number of hydrogen-bond acceptors (Lipinski definition) is 3. The number of methoxy groups -OCH3 is 1. The van der Waals surface area contributed by atoms with Gasteiger partial charge in [0.2, 0.25) is 0 Å². The van der Waals surface area contributed by atoms with E-state index >= 15 is 0 Å². The summed E-state index contributed by atoms with van der Waals surface area (Å²) in [4.78, 5) is 2.55. The molecule has 1 aromatic carbocycles. The molecule has 0 spiro atoms. The first-order chi connectivity index (χ1) is 9.42. The molecule has 0 unspecified atom stereocenters. The topological polar surface area (TPSA) is 24.5 Å². The average molecular weight is 262 g/mol. The monoisotopic (exact) mass is 262 g/mol. The van der Waals surface area contributed by atoms with E-state index in [0.29, 0.717) is 0 Å². The fraction of sp³-hybridized carbons (Fsp3) is 0.625. The van der Waals surface area contributed by atoms with E-state index in [-0.39, 0.29) is 0 Å². The van der Waals surface area contributed by atoms with Gasteiger partial charge in [-0.1, -0.05) is 18.2 Å². The molecule has 0 amide bonds. The van der Waals surface area contributed by atoms with E-state index in [4.69, 9.17) is 4.74 Å². The molecule has 0 atom stereocenters. The largest absolute Gasteiger partial charge is 0.383 e. The fourth-order valence-corrected chi connectivity index (χ4v) is 2.70. The number of hydrogen-bond donors (Lipinski definition) is 1. The maximum Gasteiger partial charge on any atom is 0.0587 e. The van der Waals surface area contributed by atoms with Crippen molar-refractivity contribution in [1.29, 1.82) is 0 Å². The molecule has 0 bridgehead atoms. The van der Waals surface area contributed by atoms with Crippen molar-refractivity contribution in [2.75, 3.05) is 44.8 Å². The second-order valence-electron chi connectivity index (χ2n) is 5.17. The van der Waals surface area contributed by atoms with Crippen LogP contribution in [0.25, 0.3) is 0 Å². The molecule has 1 aliphatic heterocycles. The molecule has 1 heterocycles. The average Bonchev–Trinajstić information content (AvgIpc) is 2.46. The van der Waals surface area contributed by atoms with Crippen LogP contribution in [0.4, 0.5) is 5.69 Å². The number of benzene rings is 1. The summed E-state index contributed by atoms with van der Waals surface area (Å²) in [6.45, 7) is 5.26. The fourth-order valence-electron chi connectivity index (χ4n) is 2.70. The Morgan fingerprint density at radius 1 is 1.21 bits per heavy atom. The van der Waals surface area contributed by atoms with Crippen LogP contribution < -0.4 is 10.2 Å². The van der Waals surface area contributed by atoms with Gasteiger partial charge in [0.1, 0.15) is 0 Å². The van der Waals surface area contributed by atoms with Gasteiger partial charge < -0.3 is 15.0 Å². The molecular formula is C16H26N2O. The van der Waals surface area contributed by atoms with Gasteiger partial charge in [0.05, 0.1) is 6.61 Å². The summed E-state index contributed by atoms with van der Waals surface area (Å²) in [7, 11) is 1.75. The third kappa shape index (κ3) is 4.51. The lowest BCUT2D eigenvalue weighted by Crippen LogP contribution is -2.30. The first kappa shape index (κ1) is 14.4. The zero-order valence-corrected chi connectivity index (χ0v) is 12.0. The van der Waals surface area contributed by atoms with E-state index in [2.05, 4.69) is 34.5 Å². The van der Waals surface area contributed by atoms with Crippen LogP contribution in [-0.4, -0.2) is 39.9 Å². The van der Waals surface area contributed by atoms with Crippen LogP contribution >= 0.6 is 0 Å². The smallest absolute Gasteiger partial charge is 0.0587 e. The molecule has 3 nitrogen and oxygen atoms in total. The van der Waals surface area contributed by atoms with Crippen LogP contribution in [0.3, 0.4) is 0 Å². The number of para-hydroxylation sites is 1. The van der Waals surface area contributed by atoms with E-state index in [1.165, 1.54) is 50.0 Å². The molecule has 0 fully saturated rings. The molecule has 0 aliphatic carbocycles. The third-order valence-electron chi connectivity index (χ3n) is 3.72. The van der Waals surface area contributed by atoms with E-state index in [1.807, 2.05) is 0 Å². The van der Waals surface area contributed by atoms with Crippen molar-refractivity contribution in [3.63, 3.8) is 0 Å². The van der Waals surface area contributed by atoms with Crippen LogP contribution in [0.15, 0.2) is 24.3 Å². The first-order valence-corrected chi connectivity index (χ1v) is 7.44. The minimum absolute atomic E-state index is 0.805. The Balaban J connectivity index is 1.67. The van der Waals surface area contributed by atoms with Gasteiger partial charge in [-0.05, 0) is 43.9 Å². The minimum Gasteiger partial charge on any atom is -0.383 e. The van der Waals surface area contributed by atoms with Crippen molar-refractivity contribution in [2.24, 2.45) is 0 Å². The summed E-state index contributed by atoms with van der Waals surface area (Å²) in [5.74, 6) is 0. The predicted octanol–water partition coefficient (Wildman–Crippen LogP) is 2.46. The lowest BCUT2D eigenvalue weighted by Gasteiger charge is -2.31. The number of nitrogens with one attached hydrogen (secondary N) is 1. The highest BCUT2D eigenvalue weighted by Gasteiger charge is 2.14. The summed E-state index contributed by atoms with van der Waals surface area (Å²) in [5.41, 5.74) is 2.98. The highest BCUT2D eigenvalue weighted by atomic mass is 16.5. The molecule has 0 saturated heterocycles. The third-order valence-corrected chi connectivity index (χ3v) is 3.72. The lowest BCUT2D eigenvalue weighted by atomic mass is 10.0. The van der Waals surface area contributed by atoms with Gasteiger partial charge in [0, 0.05) is 32.4 Å². The van der Waals surface area contributed by atoms with Gasteiger partial charge in [0.25, 0.3) is 0 Å². The van der Waals surface area contributed by atoms with Gasteiger partial charge in [-0.25, -0.2) is 0 Å². The van der Waals surface area contributed by atoms with Crippen molar-refractivity contribution < 1.29 is 4.74 Å². The summed E-state index contributed by atoms with van der Waals surface area (Å²) < 4.78 is 5.01. The van der Waals surface area contributed by atoms with E-state index in [9.17, 15) is 0 Å². The first-order valence-electron chi connectivity index (χ1n) is 7.44. The van der Waals surface area contributed by atoms with Crippen LogP contribution in [0, 0.1) is 0 Å². The zero-order valence-electron chi connectivity index (χ0n) is 12.0. The summed E-state index contributed by atoms with van der Waals surface area (Å²) >= 11 is 0. The van der Waals surface area contributed by atoms with Crippen LogP contribution in [-0.2, 0) is 11.2 Å². The van der Waals surface area contributed by atoms with Gasteiger partial charge in [0.15, 0.2) is 0 Å². The Morgan fingerprint density at radius 2 is 2.11 bits per heavy atom.